The number of carbonyl (C=O) groups is 1. The zero-order valence-electron chi connectivity index (χ0n) is 22.0. The number of hydrogen-bond acceptors (Lipinski definition) is 6. The number of halogens is 1. The number of anilines is 1. The Hall–Kier alpha value is -3.10. The molecular weight excluding hydrogens is 508 g/mol. The van der Waals surface area contributed by atoms with Crippen LogP contribution in [0.5, 0.6) is 5.75 Å². The lowest BCUT2D eigenvalue weighted by Crippen LogP contribution is -2.30. The van der Waals surface area contributed by atoms with Crippen LogP contribution in [0.1, 0.15) is 48.8 Å². The van der Waals surface area contributed by atoms with Crippen molar-refractivity contribution in [2.45, 2.75) is 59.6 Å². The van der Waals surface area contributed by atoms with Gasteiger partial charge in [-0.15, -0.1) is 0 Å². The highest BCUT2D eigenvalue weighted by Crippen LogP contribution is 2.45. The van der Waals surface area contributed by atoms with E-state index < -0.39 is 11.6 Å². The van der Waals surface area contributed by atoms with Crippen LogP contribution >= 0.6 is 22.9 Å². The molecule has 0 spiro atoms. The molecule has 9 heteroatoms. The van der Waals surface area contributed by atoms with Crippen LogP contribution in [0.15, 0.2) is 24.3 Å². The second-order valence-electron chi connectivity index (χ2n) is 10.6. The lowest BCUT2D eigenvalue weighted by molar-refractivity contribution is -0.136. The van der Waals surface area contributed by atoms with Gasteiger partial charge in [0.2, 0.25) is 0 Å². The molecule has 194 valence electrons. The minimum atomic E-state index is -0.878. The first kappa shape index (κ1) is 25.5. The summed E-state index contributed by atoms with van der Waals surface area (Å²) in [6, 6.07) is 7.56. The van der Waals surface area contributed by atoms with Crippen molar-refractivity contribution in [1.29, 1.82) is 0 Å². The molecule has 0 fully saturated rings. The van der Waals surface area contributed by atoms with Crippen molar-refractivity contribution in [3.63, 3.8) is 0 Å². The Morgan fingerprint density at radius 3 is 2.70 bits per heavy atom. The summed E-state index contributed by atoms with van der Waals surface area (Å²) in [5.74, 6) is -0.251. The normalized spacial score (nSPS) is 13.8. The van der Waals surface area contributed by atoms with Crippen molar-refractivity contribution in [3.8, 4) is 16.9 Å². The van der Waals surface area contributed by atoms with Crippen molar-refractivity contribution >= 4 is 44.3 Å². The molecule has 3 heterocycles. The Kier molecular flexibility index (Phi) is 6.44. The van der Waals surface area contributed by atoms with E-state index in [0.29, 0.717) is 10.8 Å². The Morgan fingerprint density at radius 1 is 1.24 bits per heavy atom. The summed E-state index contributed by atoms with van der Waals surface area (Å²) in [5, 5.41) is 15.9. The van der Waals surface area contributed by atoms with Gasteiger partial charge in [0.15, 0.2) is 5.13 Å². The van der Waals surface area contributed by atoms with Gasteiger partial charge in [-0.2, -0.15) is 5.10 Å². The Morgan fingerprint density at radius 2 is 2.00 bits per heavy atom. The number of thiazole rings is 1. The van der Waals surface area contributed by atoms with E-state index in [1.807, 2.05) is 57.6 Å². The van der Waals surface area contributed by atoms with Crippen LogP contribution in [0.25, 0.3) is 21.3 Å². The van der Waals surface area contributed by atoms with Gasteiger partial charge in [-0.3, -0.25) is 9.48 Å². The van der Waals surface area contributed by atoms with Crippen LogP contribution in [0.3, 0.4) is 0 Å². The fourth-order valence-electron chi connectivity index (χ4n) is 5.08. The maximum atomic E-state index is 11.9. The zero-order valence-corrected chi connectivity index (χ0v) is 23.5. The minimum Gasteiger partial charge on any atom is -0.487 e. The van der Waals surface area contributed by atoms with Gasteiger partial charge in [0, 0.05) is 54.0 Å². The molecule has 0 saturated carbocycles. The van der Waals surface area contributed by atoms with Crippen molar-refractivity contribution < 1.29 is 14.6 Å². The van der Waals surface area contributed by atoms with Crippen LogP contribution < -0.4 is 9.64 Å². The maximum Gasteiger partial charge on any atom is 0.307 e. The highest BCUT2D eigenvalue weighted by atomic mass is 35.5. The van der Waals surface area contributed by atoms with Gasteiger partial charge >= 0.3 is 5.97 Å². The quantitative estimate of drug-likeness (QED) is 0.319. The number of nitrogens with zero attached hydrogens (tertiary/aromatic N) is 4. The number of benzene rings is 2. The van der Waals surface area contributed by atoms with Crippen LogP contribution in [0.4, 0.5) is 5.13 Å². The minimum absolute atomic E-state index is 0.0934. The van der Waals surface area contributed by atoms with Crippen molar-refractivity contribution in [1.82, 2.24) is 14.8 Å². The lowest BCUT2D eigenvalue weighted by Gasteiger charge is -2.27. The van der Waals surface area contributed by atoms with Gasteiger partial charge in [-0.25, -0.2) is 4.98 Å². The number of aromatic nitrogens is 3. The summed E-state index contributed by atoms with van der Waals surface area (Å²) < 4.78 is 9.26. The smallest absolute Gasteiger partial charge is 0.307 e. The highest BCUT2D eigenvalue weighted by molar-refractivity contribution is 7.22. The van der Waals surface area contributed by atoms with E-state index in [0.717, 1.165) is 62.8 Å². The summed E-state index contributed by atoms with van der Waals surface area (Å²) in [7, 11) is 2.00. The van der Waals surface area contributed by atoms with E-state index >= 15 is 0 Å². The number of rotatable bonds is 5. The molecule has 1 N–H and O–H groups in total. The second-order valence-corrected chi connectivity index (χ2v) is 12.0. The first-order chi connectivity index (χ1) is 17.4. The molecule has 5 rings (SSSR count). The van der Waals surface area contributed by atoms with Gasteiger partial charge in [-0.1, -0.05) is 22.9 Å². The molecule has 0 bridgehead atoms. The third-order valence-electron chi connectivity index (χ3n) is 6.67. The second kappa shape index (κ2) is 9.33. The summed E-state index contributed by atoms with van der Waals surface area (Å²) in [6.07, 6.45) is 0.809. The predicted molar refractivity (Wildman–Crippen MR) is 149 cm³/mol. The van der Waals surface area contributed by atoms with E-state index in [1.54, 1.807) is 17.4 Å². The first-order valence-electron chi connectivity index (χ1n) is 12.3. The molecule has 37 heavy (non-hydrogen) atoms. The Labute approximate surface area is 225 Å². The summed E-state index contributed by atoms with van der Waals surface area (Å²) in [6.45, 7) is 11.6. The average Bonchev–Trinajstić information content (AvgIpc) is 3.34. The molecule has 1 aliphatic heterocycles. The molecule has 0 radical (unpaired) electrons. The molecule has 2 aromatic heterocycles. The number of fused-ring (bicyclic) bond motifs is 2. The molecular formula is C28H31ClN4O3S. The van der Waals surface area contributed by atoms with Crippen LogP contribution in [-0.4, -0.2) is 38.0 Å². The van der Waals surface area contributed by atoms with Crippen LogP contribution in [0, 0.1) is 13.8 Å². The molecule has 0 aliphatic carbocycles. The third kappa shape index (κ3) is 4.92. The summed E-state index contributed by atoms with van der Waals surface area (Å²) >= 11 is 7.97. The van der Waals surface area contributed by atoms with Gasteiger partial charge in [0.05, 0.1) is 22.3 Å². The predicted octanol–water partition coefficient (Wildman–Crippen LogP) is 6.33. The SMILES string of the molecule is Cc1cc2nc(N3CCc4c(c(C)nn4C)C3)sc2c(-c2ccc(Cl)cc2OC(C)(C)C)c1CC(=O)O. The van der Waals surface area contributed by atoms with E-state index in [9.17, 15) is 9.90 Å². The van der Waals surface area contributed by atoms with E-state index in [2.05, 4.69) is 16.9 Å². The molecule has 7 nitrogen and oxygen atoms in total. The van der Waals surface area contributed by atoms with Crippen LogP contribution in [-0.2, 0) is 31.2 Å². The van der Waals surface area contributed by atoms with Gasteiger partial charge < -0.3 is 14.7 Å². The Bertz CT molecular complexity index is 1530. The van der Waals surface area contributed by atoms with Gasteiger partial charge in [0.1, 0.15) is 11.4 Å². The van der Waals surface area contributed by atoms with E-state index in [4.69, 9.17) is 21.3 Å². The number of aliphatic carboxylic acids is 1. The van der Waals surface area contributed by atoms with Gasteiger partial charge in [0.25, 0.3) is 0 Å². The number of carboxylic acid groups (broad SMARTS) is 1. The van der Waals surface area contributed by atoms with E-state index in [1.165, 1.54) is 11.3 Å². The summed E-state index contributed by atoms with van der Waals surface area (Å²) in [4.78, 5) is 19.3. The van der Waals surface area contributed by atoms with E-state index in [-0.39, 0.29) is 6.42 Å². The number of aryl methyl sites for hydroxylation is 3. The number of hydrogen-bond donors (Lipinski definition) is 1. The topological polar surface area (TPSA) is 80.5 Å². The van der Waals surface area contributed by atoms with Crippen molar-refractivity contribution in [3.05, 3.63) is 57.4 Å². The standard InChI is InChI=1S/C28H31ClN4O3S/c1-15-11-21-26(37-27(30-21)33-10-9-22-20(14-33)16(2)31-32(22)6)25(19(15)13-24(34)35)18-8-7-17(29)12-23(18)36-28(3,4)5/h7-8,11-12H,9-10,13-14H2,1-6H3,(H,34,35). The first-order valence-corrected chi connectivity index (χ1v) is 13.5. The highest BCUT2D eigenvalue weighted by Gasteiger charge is 2.27. The lowest BCUT2D eigenvalue weighted by atomic mass is 9.92. The number of carboxylic acids is 1. The third-order valence-corrected chi connectivity index (χ3v) is 8.06. The maximum absolute atomic E-state index is 11.9. The molecule has 0 atom stereocenters. The average molecular weight is 539 g/mol. The molecule has 0 unspecified atom stereocenters. The van der Waals surface area contributed by atoms with Crippen LogP contribution in [0.2, 0.25) is 5.02 Å². The summed E-state index contributed by atoms with van der Waals surface area (Å²) in [5.41, 5.74) is 7.32. The zero-order chi connectivity index (χ0) is 26.6. The molecule has 1 aliphatic rings. The largest absolute Gasteiger partial charge is 0.487 e. The van der Waals surface area contributed by atoms with Crippen molar-refractivity contribution in [2.24, 2.45) is 7.05 Å². The fraction of sp³-hybridized carbons (Fsp3) is 0.393. The van der Waals surface area contributed by atoms with Gasteiger partial charge in [-0.05, 0) is 70.0 Å². The molecule has 4 aromatic rings. The fourth-order valence-corrected chi connectivity index (χ4v) is 6.40. The van der Waals surface area contributed by atoms with Crippen molar-refractivity contribution in [2.75, 3.05) is 11.4 Å². The molecule has 0 amide bonds. The molecule has 2 aromatic carbocycles. The Balaban J connectivity index is 1.70. The monoisotopic (exact) mass is 538 g/mol. The molecule has 0 saturated heterocycles. The number of ether oxygens (including phenoxy) is 1.